The van der Waals surface area contributed by atoms with E-state index in [1.54, 1.807) is 0 Å². The van der Waals surface area contributed by atoms with Crippen LogP contribution in [-0.4, -0.2) is 22.6 Å². The van der Waals surface area contributed by atoms with Crippen molar-refractivity contribution < 1.29 is 4.79 Å². The van der Waals surface area contributed by atoms with Crippen molar-refractivity contribution in [2.45, 2.75) is 19.4 Å². The molecule has 3 N–H and O–H groups in total. The van der Waals surface area contributed by atoms with Crippen LogP contribution in [0.3, 0.4) is 0 Å². The first-order chi connectivity index (χ1) is 8.44. The highest BCUT2D eigenvalue weighted by Crippen LogP contribution is 2.18. The molecule has 0 bridgehead atoms. The van der Waals surface area contributed by atoms with Crippen LogP contribution in [0.15, 0.2) is 30.3 Å². The Hall–Kier alpha value is -1.81. The van der Waals surface area contributed by atoms with Crippen molar-refractivity contribution in [1.29, 1.82) is 0 Å². The zero-order valence-electron chi connectivity index (χ0n) is 11.0. The van der Waals surface area contributed by atoms with Crippen molar-refractivity contribution in [2.24, 2.45) is 12.8 Å². The SMILES string of the molecule is Cn1c(C(=O)NC(C)(C)CN)cc2ccccc21. The summed E-state index contributed by atoms with van der Waals surface area (Å²) < 4.78 is 1.90. The van der Waals surface area contributed by atoms with Crippen LogP contribution in [-0.2, 0) is 7.05 Å². The number of nitrogens with one attached hydrogen (secondary N) is 1. The molecule has 0 radical (unpaired) electrons. The third-order valence-corrected chi connectivity index (χ3v) is 3.15. The minimum Gasteiger partial charge on any atom is -0.345 e. The zero-order chi connectivity index (χ0) is 13.3. The fourth-order valence-electron chi connectivity index (χ4n) is 1.93. The van der Waals surface area contributed by atoms with Gasteiger partial charge in [0.15, 0.2) is 0 Å². The monoisotopic (exact) mass is 245 g/mol. The summed E-state index contributed by atoms with van der Waals surface area (Å²) in [6.07, 6.45) is 0. The van der Waals surface area contributed by atoms with Gasteiger partial charge in [-0.05, 0) is 26.0 Å². The normalized spacial score (nSPS) is 11.8. The van der Waals surface area contributed by atoms with Crippen molar-refractivity contribution in [1.82, 2.24) is 9.88 Å². The number of aromatic nitrogens is 1. The molecule has 0 unspecified atom stereocenters. The Balaban J connectivity index is 2.37. The highest BCUT2D eigenvalue weighted by molar-refractivity contribution is 5.99. The van der Waals surface area contributed by atoms with E-state index in [2.05, 4.69) is 5.32 Å². The minimum atomic E-state index is -0.395. The lowest BCUT2D eigenvalue weighted by atomic mass is 10.1. The lowest BCUT2D eigenvalue weighted by Crippen LogP contribution is -2.49. The average molecular weight is 245 g/mol. The molecule has 0 atom stereocenters. The molecule has 1 aromatic heterocycles. The summed E-state index contributed by atoms with van der Waals surface area (Å²) in [5, 5.41) is 4.00. The summed E-state index contributed by atoms with van der Waals surface area (Å²) in [5.41, 5.74) is 6.93. The number of amides is 1. The number of fused-ring (bicyclic) bond motifs is 1. The van der Waals surface area contributed by atoms with Gasteiger partial charge in [-0.15, -0.1) is 0 Å². The van der Waals surface area contributed by atoms with Crippen LogP contribution in [0.5, 0.6) is 0 Å². The van der Waals surface area contributed by atoms with E-state index in [0.717, 1.165) is 10.9 Å². The largest absolute Gasteiger partial charge is 0.345 e. The van der Waals surface area contributed by atoms with Crippen LogP contribution < -0.4 is 11.1 Å². The third kappa shape index (κ3) is 2.24. The van der Waals surface area contributed by atoms with Gasteiger partial charge in [-0.25, -0.2) is 0 Å². The summed E-state index contributed by atoms with van der Waals surface area (Å²) in [6, 6.07) is 9.83. The Morgan fingerprint density at radius 3 is 2.67 bits per heavy atom. The number of hydrogen-bond donors (Lipinski definition) is 2. The molecule has 0 fully saturated rings. The second kappa shape index (κ2) is 4.46. The van der Waals surface area contributed by atoms with Crippen molar-refractivity contribution in [3.63, 3.8) is 0 Å². The van der Waals surface area contributed by atoms with Crippen molar-refractivity contribution in [2.75, 3.05) is 6.54 Å². The maximum atomic E-state index is 12.2. The van der Waals surface area contributed by atoms with Gasteiger partial charge in [0.1, 0.15) is 5.69 Å². The Morgan fingerprint density at radius 2 is 2.06 bits per heavy atom. The van der Waals surface area contributed by atoms with Gasteiger partial charge in [-0.2, -0.15) is 0 Å². The Morgan fingerprint density at radius 1 is 1.39 bits per heavy atom. The number of aryl methyl sites for hydroxylation is 1. The molecule has 18 heavy (non-hydrogen) atoms. The van der Waals surface area contributed by atoms with Crippen LogP contribution >= 0.6 is 0 Å². The molecule has 4 nitrogen and oxygen atoms in total. The van der Waals surface area contributed by atoms with Crippen LogP contribution in [0.25, 0.3) is 10.9 Å². The molecule has 0 aliphatic carbocycles. The van der Waals surface area contributed by atoms with Crippen LogP contribution in [0.2, 0.25) is 0 Å². The molecular formula is C14H19N3O. The molecule has 4 heteroatoms. The first kappa shape index (κ1) is 12.6. The number of hydrogen-bond acceptors (Lipinski definition) is 2. The second-order valence-electron chi connectivity index (χ2n) is 5.19. The minimum absolute atomic E-state index is 0.0934. The van der Waals surface area contributed by atoms with E-state index < -0.39 is 5.54 Å². The first-order valence-electron chi connectivity index (χ1n) is 6.02. The fourth-order valence-corrected chi connectivity index (χ4v) is 1.93. The highest BCUT2D eigenvalue weighted by Gasteiger charge is 2.21. The number of carbonyl (C=O) groups excluding carboxylic acids is 1. The third-order valence-electron chi connectivity index (χ3n) is 3.15. The van der Waals surface area contributed by atoms with E-state index >= 15 is 0 Å². The lowest BCUT2D eigenvalue weighted by molar-refractivity contribution is 0.0908. The number of carbonyl (C=O) groups is 1. The topological polar surface area (TPSA) is 60.0 Å². The van der Waals surface area contributed by atoms with E-state index in [9.17, 15) is 4.79 Å². The average Bonchev–Trinajstić information content (AvgIpc) is 2.67. The molecule has 96 valence electrons. The van der Waals surface area contributed by atoms with Gasteiger partial charge in [0.2, 0.25) is 0 Å². The molecule has 1 amide bonds. The van der Waals surface area contributed by atoms with E-state index in [1.165, 1.54) is 0 Å². The molecule has 0 aliphatic rings. The van der Waals surface area contributed by atoms with E-state index in [4.69, 9.17) is 5.73 Å². The number of nitrogens with two attached hydrogens (primary N) is 1. The molecule has 2 aromatic rings. The van der Waals surface area contributed by atoms with Gasteiger partial charge in [-0.3, -0.25) is 4.79 Å². The van der Waals surface area contributed by atoms with E-state index in [-0.39, 0.29) is 5.91 Å². The van der Waals surface area contributed by atoms with E-state index in [1.807, 2.05) is 55.8 Å². The molecule has 1 aromatic carbocycles. The predicted octanol–water partition coefficient (Wildman–Crippen LogP) is 1.65. The van der Waals surface area contributed by atoms with Gasteiger partial charge in [0, 0.05) is 30.0 Å². The molecule has 0 aliphatic heterocycles. The number of benzene rings is 1. The summed E-state index contributed by atoms with van der Waals surface area (Å²) in [4.78, 5) is 12.2. The molecule has 0 spiro atoms. The van der Waals surface area contributed by atoms with Gasteiger partial charge in [0.25, 0.3) is 5.91 Å². The van der Waals surface area contributed by atoms with Crippen LogP contribution in [0, 0.1) is 0 Å². The fraction of sp³-hybridized carbons (Fsp3) is 0.357. The predicted molar refractivity (Wildman–Crippen MR) is 73.5 cm³/mol. The van der Waals surface area contributed by atoms with Crippen molar-refractivity contribution in [3.05, 3.63) is 36.0 Å². The molecule has 1 heterocycles. The number of rotatable bonds is 3. The molecular weight excluding hydrogens is 226 g/mol. The second-order valence-corrected chi connectivity index (χ2v) is 5.19. The molecule has 0 saturated carbocycles. The van der Waals surface area contributed by atoms with Gasteiger partial charge in [0.05, 0.1) is 0 Å². The van der Waals surface area contributed by atoms with Gasteiger partial charge in [-0.1, -0.05) is 18.2 Å². The summed E-state index contributed by atoms with van der Waals surface area (Å²) in [7, 11) is 1.90. The first-order valence-corrected chi connectivity index (χ1v) is 6.02. The lowest BCUT2D eigenvalue weighted by Gasteiger charge is -2.24. The molecule has 2 rings (SSSR count). The number of para-hydroxylation sites is 1. The Labute approximate surface area is 107 Å². The number of nitrogens with zero attached hydrogens (tertiary/aromatic N) is 1. The Bertz CT molecular complexity index is 584. The summed E-state index contributed by atoms with van der Waals surface area (Å²) in [6.45, 7) is 4.23. The zero-order valence-corrected chi connectivity index (χ0v) is 11.0. The van der Waals surface area contributed by atoms with Crippen molar-refractivity contribution >= 4 is 16.8 Å². The van der Waals surface area contributed by atoms with Gasteiger partial charge < -0.3 is 15.6 Å². The standard InChI is InChI=1S/C14H19N3O/c1-14(2,9-15)16-13(18)12-8-10-6-4-5-7-11(10)17(12)3/h4-8H,9,15H2,1-3H3,(H,16,18). The van der Waals surface area contributed by atoms with Crippen LogP contribution in [0.4, 0.5) is 0 Å². The highest BCUT2D eigenvalue weighted by atomic mass is 16.2. The summed E-state index contributed by atoms with van der Waals surface area (Å²) >= 11 is 0. The van der Waals surface area contributed by atoms with Crippen molar-refractivity contribution in [3.8, 4) is 0 Å². The maximum absolute atomic E-state index is 12.2. The quantitative estimate of drug-likeness (QED) is 0.863. The Kier molecular flexibility index (Phi) is 3.13. The molecule has 0 saturated heterocycles. The van der Waals surface area contributed by atoms with Gasteiger partial charge >= 0.3 is 0 Å². The maximum Gasteiger partial charge on any atom is 0.268 e. The van der Waals surface area contributed by atoms with Crippen LogP contribution in [0.1, 0.15) is 24.3 Å². The summed E-state index contributed by atoms with van der Waals surface area (Å²) in [5.74, 6) is -0.0934. The smallest absolute Gasteiger partial charge is 0.268 e. The van der Waals surface area contributed by atoms with E-state index in [0.29, 0.717) is 12.2 Å².